The molecule has 0 aromatic heterocycles. The summed E-state index contributed by atoms with van der Waals surface area (Å²) in [5.41, 5.74) is 1.84. The molecule has 116 valence electrons. The molecule has 0 saturated carbocycles. The Morgan fingerprint density at radius 1 is 1.10 bits per heavy atom. The molecule has 2 N–H and O–H groups in total. The highest BCUT2D eigenvalue weighted by atomic mass is 16.5. The molecule has 0 fully saturated rings. The average Bonchev–Trinajstić information content (AvgIpc) is 2.49. The molecule has 0 radical (unpaired) electrons. The van der Waals surface area contributed by atoms with Crippen LogP contribution in [0.2, 0.25) is 0 Å². The molecule has 5 heteroatoms. The van der Waals surface area contributed by atoms with Gasteiger partial charge in [-0.2, -0.15) is 0 Å². The predicted octanol–water partition coefficient (Wildman–Crippen LogP) is 1.69. The zero-order chi connectivity index (χ0) is 15.7. The SMILES string of the molecule is COCCC(=O)NCCNC(=O)c1ccc(C(C)C)cc1. The molecule has 0 aliphatic heterocycles. The number of carbonyl (C=O) groups excluding carboxylic acids is 2. The summed E-state index contributed by atoms with van der Waals surface area (Å²) in [4.78, 5) is 23.2. The Labute approximate surface area is 126 Å². The van der Waals surface area contributed by atoms with Gasteiger partial charge in [0, 0.05) is 32.2 Å². The van der Waals surface area contributed by atoms with Crippen LogP contribution in [0.15, 0.2) is 24.3 Å². The normalized spacial score (nSPS) is 10.5. The predicted molar refractivity (Wildman–Crippen MR) is 82.4 cm³/mol. The first-order chi connectivity index (χ1) is 10.0. The fourth-order valence-corrected chi connectivity index (χ4v) is 1.78. The molecule has 2 amide bonds. The lowest BCUT2D eigenvalue weighted by atomic mass is 10.0. The second-order valence-electron chi connectivity index (χ2n) is 5.13. The first-order valence-corrected chi connectivity index (χ1v) is 7.18. The third-order valence-electron chi connectivity index (χ3n) is 3.11. The van der Waals surface area contributed by atoms with Crippen molar-refractivity contribution in [1.29, 1.82) is 0 Å². The van der Waals surface area contributed by atoms with Crippen molar-refractivity contribution < 1.29 is 14.3 Å². The number of ether oxygens (including phenoxy) is 1. The van der Waals surface area contributed by atoms with Crippen LogP contribution in [0.3, 0.4) is 0 Å². The molecule has 5 nitrogen and oxygen atoms in total. The number of methoxy groups -OCH3 is 1. The first-order valence-electron chi connectivity index (χ1n) is 7.18. The molecule has 0 aliphatic carbocycles. The Morgan fingerprint density at radius 2 is 1.71 bits per heavy atom. The molecule has 0 spiro atoms. The average molecular weight is 292 g/mol. The Bertz CT molecular complexity index is 455. The number of rotatable bonds is 8. The van der Waals surface area contributed by atoms with Crippen molar-refractivity contribution in [2.75, 3.05) is 26.8 Å². The van der Waals surface area contributed by atoms with Crippen LogP contribution in [0.5, 0.6) is 0 Å². The molecule has 0 aliphatic rings. The topological polar surface area (TPSA) is 67.4 Å². The van der Waals surface area contributed by atoms with E-state index in [1.807, 2.05) is 24.3 Å². The van der Waals surface area contributed by atoms with Crippen LogP contribution in [-0.2, 0) is 9.53 Å². The summed E-state index contributed by atoms with van der Waals surface area (Å²) in [6, 6.07) is 7.57. The van der Waals surface area contributed by atoms with E-state index in [2.05, 4.69) is 24.5 Å². The van der Waals surface area contributed by atoms with E-state index in [-0.39, 0.29) is 11.8 Å². The van der Waals surface area contributed by atoms with Gasteiger partial charge in [0.05, 0.1) is 6.61 Å². The summed E-state index contributed by atoms with van der Waals surface area (Å²) in [5.74, 6) is 0.244. The first kappa shape index (κ1) is 17.2. The fourth-order valence-electron chi connectivity index (χ4n) is 1.78. The molecule has 1 rings (SSSR count). The molecule has 0 bridgehead atoms. The summed E-state index contributed by atoms with van der Waals surface area (Å²) < 4.78 is 4.81. The van der Waals surface area contributed by atoms with Crippen LogP contribution in [0.4, 0.5) is 0 Å². The highest BCUT2D eigenvalue weighted by Crippen LogP contribution is 2.14. The quantitative estimate of drug-likeness (QED) is 0.717. The second kappa shape index (κ2) is 9.13. The number of benzene rings is 1. The zero-order valence-electron chi connectivity index (χ0n) is 12.9. The zero-order valence-corrected chi connectivity index (χ0v) is 12.9. The van der Waals surface area contributed by atoms with Crippen molar-refractivity contribution in [3.05, 3.63) is 35.4 Å². The minimum absolute atomic E-state index is 0.0765. The maximum atomic E-state index is 11.9. The van der Waals surface area contributed by atoms with Gasteiger partial charge < -0.3 is 15.4 Å². The Kier molecular flexibility index (Phi) is 7.46. The number of nitrogens with one attached hydrogen (secondary N) is 2. The van der Waals surface area contributed by atoms with E-state index in [0.717, 1.165) is 0 Å². The third kappa shape index (κ3) is 6.40. The van der Waals surface area contributed by atoms with Crippen molar-refractivity contribution in [3.8, 4) is 0 Å². The summed E-state index contributed by atoms with van der Waals surface area (Å²) in [6.45, 7) is 5.45. The monoisotopic (exact) mass is 292 g/mol. The van der Waals surface area contributed by atoms with E-state index in [0.29, 0.717) is 37.6 Å². The fraction of sp³-hybridized carbons (Fsp3) is 0.500. The molecular formula is C16H24N2O3. The van der Waals surface area contributed by atoms with Gasteiger partial charge in [0.1, 0.15) is 0 Å². The number of hydrogen-bond acceptors (Lipinski definition) is 3. The van der Waals surface area contributed by atoms with Gasteiger partial charge >= 0.3 is 0 Å². The van der Waals surface area contributed by atoms with Crippen LogP contribution in [0.1, 0.15) is 42.1 Å². The lowest BCUT2D eigenvalue weighted by Gasteiger charge is -2.09. The minimum Gasteiger partial charge on any atom is -0.384 e. The van der Waals surface area contributed by atoms with Crippen molar-refractivity contribution in [2.45, 2.75) is 26.2 Å². The van der Waals surface area contributed by atoms with Crippen LogP contribution < -0.4 is 10.6 Å². The molecule has 0 heterocycles. The molecule has 0 atom stereocenters. The van der Waals surface area contributed by atoms with Crippen molar-refractivity contribution >= 4 is 11.8 Å². The van der Waals surface area contributed by atoms with E-state index < -0.39 is 0 Å². The van der Waals surface area contributed by atoms with Crippen LogP contribution in [0, 0.1) is 0 Å². The van der Waals surface area contributed by atoms with Gasteiger partial charge in [0.25, 0.3) is 5.91 Å². The van der Waals surface area contributed by atoms with Gasteiger partial charge in [0.2, 0.25) is 5.91 Å². The van der Waals surface area contributed by atoms with Gasteiger partial charge in [-0.1, -0.05) is 26.0 Å². The molecule has 1 aromatic carbocycles. The minimum atomic E-state index is -0.128. The second-order valence-corrected chi connectivity index (χ2v) is 5.13. The van der Waals surface area contributed by atoms with E-state index in [4.69, 9.17) is 4.74 Å². The van der Waals surface area contributed by atoms with E-state index in [1.54, 1.807) is 7.11 Å². The number of amides is 2. The smallest absolute Gasteiger partial charge is 0.251 e. The van der Waals surface area contributed by atoms with Crippen LogP contribution in [0.25, 0.3) is 0 Å². The molecule has 0 saturated heterocycles. The number of carbonyl (C=O) groups is 2. The highest BCUT2D eigenvalue weighted by Gasteiger charge is 2.06. The standard InChI is InChI=1S/C16H24N2O3/c1-12(2)13-4-6-14(7-5-13)16(20)18-10-9-17-15(19)8-11-21-3/h4-7,12H,8-11H2,1-3H3,(H,17,19)(H,18,20). The van der Waals surface area contributed by atoms with Crippen LogP contribution in [-0.4, -0.2) is 38.6 Å². The molecular weight excluding hydrogens is 268 g/mol. The Balaban J connectivity index is 2.29. The van der Waals surface area contributed by atoms with Gasteiger partial charge in [-0.3, -0.25) is 9.59 Å². The number of hydrogen-bond donors (Lipinski definition) is 2. The Hall–Kier alpha value is -1.88. The Morgan fingerprint density at radius 3 is 2.29 bits per heavy atom. The van der Waals surface area contributed by atoms with Gasteiger partial charge in [0.15, 0.2) is 0 Å². The largest absolute Gasteiger partial charge is 0.384 e. The highest BCUT2D eigenvalue weighted by molar-refractivity contribution is 5.94. The van der Waals surface area contributed by atoms with Gasteiger partial charge in [-0.25, -0.2) is 0 Å². The van der Waals surface area contributed by atoms with Gasteiger partial charge in [-0.15, -0.1) is 0 Å². The maximum absolute atomic E-state index is 11.9. The van der Waals surface area contributed by atoms with E-state index >= 15 is 0 Å². The van der Waals surface area contributed by atoms with E-state index in [9.17, 15) is 9.59 Å². The van der Waals surface area contributed by atoms with E-state index in [1.165, 1.54) is 5.56 Å². The molecule has 1 aromatic rings. The van der Waals surface area contributed by atoms with Crippen molar-refractivity contribution in [2.24, 2.45) is 0 Å². The lowest BCUT2D eigenvalue weighted by Crippen LogP contribution is -2.34. The lowest BCUT2D eigenvalue weighted by molar-refractivity contribution is -0.121. The summed E-state index contributed by atoms with van der Waals surface area (Å²) >= 11 is 0. The molecule has 21 heavy (non-hydrogen) atoms. The van der Waals surface area contributed by atoms with Crippen molar-refractivity contribution in [3.63, 3.8) is 0 Å². The maximum Gasteiger partial charge on any atom is 0.251 e. The van der Waals surface area contributed by atoms with Gasteiger partial charge in [-0.05, 0) is 23.6 Å². The van der Waals surface area contributed by atoms with Crippen molar-refractivity contribution in [1.82, 2.24) is 10.6 Å². The summed E-state index contributed by atoms with van der Waals surface area (Å²) in [7, 11) is 1.55. The summed E-state index contributed by atoms with van der Waals surface area (Å²) in [6.07, 6.45) is 0.334. The van der Waals surface area contributed by atoms with Crippen LogP contribution >= 0.6 is 0 Å². The molecule has 0 unspecified atom stereocenters. The third-order valence-corrected chi connectivity index (χ3v) is 3.11. The summed E-state index contributed by atoms with van der Waals surface area (Å²) in [5, 5.41) is 5.49.